The number of carbonyl (C=O) groups excluding carboxylic acids is 1. The number of carboxylic acid groups (broad SMARTS) is 1. The zero-order valence-electron chi connectivity index (χ0n) is 13.4. The number of aliphatic carboxylic acids is 1. The summed E-state index contributed by atoms with van der Waals surface area (Å²) in [7, 11) is 2.08. The van der Waals surface area contributed by atoms with Gasteiger partial charge in [0.15, 0.2) is 11.0 Å². The van der Waals surface area contributed by atoms with Gasteiger partial charge in [0.05, 0.1) is 7.05 Å². The Morgan fingerprint density at radius 2 is 1.83 bits per heavy atom. The first-order chi connectivity index (χ1) is 11.0. The van der Waals surface area contributed by atoms with Crippen molar-refractivity contribution in [3.05, 3.63) is 72.6 Å². The Bertz CT molecular complexity index is 813. The molecule has 23 heavy (non-hydrogen) atoms. The molecular formula is C19H20N2O2. The topological polar surface area (TPSA) is 48.9 Å². The van der Waals surface area contributed by atoms with Gasteiger partial charge >= 0.3 is 0 Å². The van der Waals surface area contributed by atoms with Crippen LogP contribution in [0.5, 0.6) is 0 Å². The highest BCUT2D eigenvalue weighted by Crippen LogP contribution is 2.11. The minimum absolute atomic E-state index is 0.888. The van der Waals surface area contributed by atoms with Gasteiger partial charge in [0.2, 0.25) is 6.33 Å². The number of hydrogen-bond donors (Lipinski definition) is 0. The molecule has 0 amide bonds. The van der Waals surface area contributed by atoms with Crippen molar-refractivity contribution in [1.82, 2.24) is 4.57 Å². The van der Waals surface area contributed by atoms with Crippen LogP contribution in [-0.2, 0) is 18.4 Å². The van der Waals surface area contributed by atoms with Crippen LogP contribution in [0.2, 0.25) is 0 Å². The number of aryl methyl sites for hydroxylation is 1. The molecule has 0 unspecified atom stereocenters. The molecular weight excluding hydrogens is 288 g/mol. The second-order valence-corrected chi connectivity index (χ2v) is 5.28. The van der Waals surface area contributed by atoms with Gasteiger partial charge in [-0.1, -0.05) is 49.1 Å². The molecule has 4 heteroatoms. The third kappa shape index (κ3) is 4.30. The Morgan fingerprint density at radius 1 is 1.22 bits per heavy atom. The SMILES string of the molecule is C=Cc1ccc(C[n+]2cn(C)c3ccccc32)cc1.CC(=O)[O-]. The third-order valence-corrected chi connectivity index (χ3v) is 3.45. The maximum Gasteiger partial charge on any atom is 0.244 e. The monoisotopic (exact) mass is 308 g/mol. The van der Waals surface area contributed by atoms with Crippen molar-refractivity contribution >= 4 is 23.1 Å². The molecule has 0 aliphatic carbocycles. The molecule has 0 aliphatic rings. The van der Waals surface area contributed by atoms with Crippen LogP contribution in [0.4, 0.5) is 0 Å². The highest BCUT2D eigenvalue weighted by molar-refractivity contribution is 5.71. The van der Waals surface area contributed by atoms with Crippen molar-refractivity contribution in [2.75, 3.05) is 0 Å². The van der Waals surface area contributed by atoms with Gasteiger partial charge < -0.3 is 9.90 Å². The second-order valence-electron chi connectivity index (χ2n) is 5.28. The van der Waals surface area contributed by atoms with Crippen molar-refractivity contribution < 1.29 is 14.5 Å². The summed E-state index contributed by atoms with van der Waals surface area (Å²) in [5, 5.41) is 8.89. The Labute approximate surface area is 135 Å². The molecule has 0 N–H and O–H groups in total. The molecule has 2 aromatic carbocycles. The summed E-state index contributed by atoms with van der Waals surface area (Å²) in [5.74, 6) is -1.08. The summed E-state index contributed by atoms with van der Waals surface area (Å²) in [6.07, 6.45) is 4.01. The lowest BCUT2D eigenvalue weighted by molar-refractivity contribution is -0.663. The molecule has 0 fully saturated rings. The first kappa shape index (κ1) is 16.5. The minimum Gasteiger partial charge on any atom is -0.550 e. The molecule has 0 atom stereocenters. The number of rotatable bonds is 3. The third-order valence-electron chi connectivity index (χ3n) is 3.45. The van der Waals surface area contributed by atoms with Crippen LogP contribution >= 0.6 is 0 Å². The zero-order chi connectivity index (χ0) is 16.8. The molecule has 3 aromatic rings. The van der Waals surface area contributed by atoms with Crippen molar-refractivity contribution in [2.24, 2.45) is 7.05 Å². The molecule has 118 valence electrons. The first-order valence-electron chi connectivity index (χ1n) is 7.33. The summed E-state index contributed by atoms with van der Waals surface area (Å²) in [4.78, 5) is 8.89. The molecule has 1 aromatic heterocycles. The molecule has 0 spiro atoms. The predicted octanol–water partition coefficient (Wildman–Crippen LogP) is 1.91. The Hall–Kier alpha value is -2.88. The highest BCUT2D eigenvalue weighted by Gasteiger charge is 2.12. The van der Waals surface area contributed by atoms with E-state index in [9.17, 15) is 0 Å². The summed E-state index contributed by atoms with van der Waals surface area (Å²) < 4.78 is 4.44. The zero-order valence-corrected chi connectivity index (χ0v) is 13.4. The van der Waals surface area contributed by atoms with E-state index in [0.717, 1.165) is 19.0 Å². The first-order valence-corrected chi connectivity index (χ1v) is 7.33. The fraction of sp³-hybridized carbons (Fsp3) is 0.158. The standard InChI is InChI=1S/C17H17N2.C2H4O2/c1-3-14-8-10-15(11-9-14)12-19-13-18(2)16-6-4-5-7-17(16)19;1-2(3)4/h3-11,13H,1,12H2,2H3;1H3,(H,3,4)/q+1;/p-1. The summed E-state index contributed by atoms with van der Waals surface area (Å²) in [5.41, 5.74) is 4.97. The summed E-state index contributed by atoms with van der Waals surface area (Å²) in [6.45, 7) is 5.64. The van der Waals surface area contributed by atoms with Gasteiger partial charge in [0.1, 0.15) is 6.54 Å². The lowest BCUT2D eigenvalue weighted by atomic mass is 10.1. The summed E-state index contributed by atoms with van der Waals surface area (Å²) >= 11 is 0. The van der Waals surface area contributed by atoms with Gasteiger partial charge in [-0.3, -0.25) is 0 Å². The van der Waals surface area contributed by atoms with E-state index < -0.39 is 5.97 Å². The van der Waals surface area contributed by atoms with Crippen LogP contribution in [0.3, 0.4) is 0 Å². The number of benzene rings is 2. The number of carbonyl (C=O) groups is 1. The number of para-hydroxylation sites is 2. The maximum atomic E-state index is 8.89. The average molecular weight is 308 g/mol. The molecule has 0 radical (unpaired) electrons. The quantitative estimate of drug-likeness (QED) is 0.694. The van der Waals surface area contributed by atoms with E-state index in [-0.39, 0.29) is 0 Å². The van der Waals surface area contributed by atoms with Crippen LogP contribution in [0.15, 0.2) is 61.4 Å². The van der Waals surface area contributed by atoms with Crippen molar-refractivity contribution in [3.63, 3.8) is 0 Å². The van der Waals surface area contributed by atoms with E-state index in [2.05, 4.69) is 77.6 Å². The number of nitrogens with zero attached hydrogens (tertiary/aromatic N) is 2. The van der Waals surface area contributed by atoms with Crippen LogP contribution in [0.25, 0.3) is 17.1 Å². The summed E-state index contributed by atoms with van der Waals surface area (Å²) in [6, 6.07) is 17.0. The Balaban J connectivity index is 0.000000433. The van der Waals surface area contributed by atoms with Gasteiger partial charge in [0.25, 0.3) is 0 Å². The predicted molar refractivity (Wildman–Crippen MR) is 89.4 cm³/mol. The number of carboxylic acids is 1. The molecule has 1 heterocycles. The van der Waals surface area contributed by atoms with E-state index in [1.165, 1.54) is 16.6 Å². The van der Waals surface area contributed by atoms with Crippen molar-refractivity contribution in [1.29, 1.82) is 0 Å². The van der Waals surface area contributed by atoms with Gasteiger partial charge in [-0.25, -0.2) is 9.13 Å². The minimum atomic E-state index is -1.08. The van der Waals surface area contributed by atoms with Crippen LogP contribution in [0.1, 0.15) is 18.1 Å². The van der Waals surface area contributed by atoms with E-state index in [1.807, 2.05) is 6.08 Å². The molecule has 0 bridgehead atoms. The Kier molecular flexibility index (Phi) is 5.31. The molecule has 0 saturated heterocycles. The number of aromatic nitrogens is 2. The molecule has 0 aliphatic heterocycles. The Morgan fingerprint density at radius 3 is 2.43 bits per heavy atom. The second kappa shape index (κ2) is 7.40. The number of imidazole rings is 1. The van der Waals surface area contributed by atoms with Crippen LogP contribution in [0, 0.1) is 0 Å². The smallest absolute Gasteiger partial charge is 0.244 e. The molecule has 3 rings (SSSR count). The van der Waals surface area contributed by atoms with E-state index in [1.54, 1.807) is 0 Å². The normalized spacial score (nSPS) is 10.0. The van der Waals surface area contributed by atoms with E-state index in [0.29, 0.717) is 0 Å². The van der Waals surface area contributed by atoms with Crippen LogP contribution in [-0.4, -0.2) is 10.5 Å². The maximum absolute atomic E-state index is 8.89. The fourth-order valence-corrected chi connectivity index (χ4v) is 2.42. The number of fused-ring (bicyclic) bond motifs is 1. The van der Waals surface area contributed by atoms with E-state index in [4.69, 9.17) is 9.90 Å². The largest absolute Gasteiger partial charge is 0.550 e. The fourth-order valence-electron chi connectivity index (χ4n) is 2.42. The van der Waals surface area contributed by atoms with Gasteiger partial charge in [-0.05, 0) is 30.2 Å². The van der Waals surface area contributed by atoms with Gasteiger partial charge in [-0.2, -0.15) is 0 Å². The number of hydrogen-bond acceptors (Lipinski definition) is 2. The molecule has 0 saturated carbocycles. The average Bonchev–Trinajstić information content (AvgIpc) is 2.84. The van der Waals surface area contributed by atoms with Gasteiger partial charge in [-0.15, -0.1) is 0 Å². The highest BCUT2D eigenvalue weighted by atomic mass is 16.4. The lowest BCUT2D eigenvalue weighted by Crippen LogP contribution is -2.32. The van der Waals surface area contributed by atoms with Crippen molar-refractivity contribution in [3.8, 4) is 0 Å². The molecule has 4 nitrogen and oxygen atoms in total. The van der Waals surface area contributed by atoms with Crippen LogP contribution < -0.4 is 9.67 Å². The lowest BCUT2D eigenvalue weighted by Gasteiger charge is -2.00. The van der Waals surface area contributed by atoms with Gasteiger partial charge in [0, 0.05) is 5.97 Å². The van der Waals surface area contributed by atoms with Crippen molar-refractivity contribution in [2.45, 2.75) is 13.5 Å². The van der Waals surface area contributed by atoms with E-state index >= 15 is 0 Å².